The van der Waals surface area contributed by atoms with Gasteiger partial charge in [0.15, 0.2) is 11.6 Å². The van der Waals surface area contributed by atoms with E-state index >= 15 is 0 Å². The first-order valence-electron chi connectivity index (χ1n) is 6.02. The highest BCUT2D eigenvalue weighted by Gasteiger charge is 2.07. The molecule has 0 fully saturated rings. The minimum Gasteiger partial charge on any atom is -0.484 e. The second-order valence-corrected chi connectivity index (χ2v) is 5.10. The quantitative estimate of drug-likeness (QED) is 0.811. The van der Waals surface area contributed by atoms with E-state index < -0.39 is 0 Å². The zero-order chi connectivity index (χ0) is 13.0. The Bertz CT molecular complexity index is 524. The summed E-state index contributed by atoms with van der Waals surface area (Å²) in [5, 5.41) is 3.08. The second-order valence-electron chi connectivity index (χ2n) is 4.16. The highest BCUT2D eigenvalue weighted by Crippen LogP contribution is 2.21. The van der Waals surface area contributed by atoms with Gasteiger partial charge in [0.2, 0.25) is 0 Å². The number of thiazole rings is 1. The number of aryl methyl sites for hydroxylation is 2. The van der Waals surface area contributed by atoms with Crippen LogP contribution in [0.4, 0.5) is 4.39 Å². The fourth-order valence-electron chi connectivity index (χ4n) is 1.63. The molecule has 0 aliphatic carbocycles. The number of nitrogens with zero attached hydrogens (tertiary/aromatic N) is 1. The summed E-state index contributed by atoms with van der Waals surface area (Å²) in [5.74, 6) is 0.00144. The fraction of sp³-hybridized carbons (Fsp3) is 0.357. The predicted molar refractivity (Wildman–Crippen MR) is 71.6 cm³/mol. The van der Waals surface area contributed by atoms with Crippen LogP contribution in [0.15, 0.2) is 23.6 Å². The van der Waals surface area contributed by atoms with Crippen LogP contribution >= 0.6 is 11.3 Å². The minimum absolute atomic E-state index is 0.290. The van der Waals surface area contributed by atoms with E-state index in [2.05, 4.69) is 11.9 Å². The van der Waals surface area contributed by atoms with Crippen molar-refractivity contribution in [1.29, 1.82) is 0 Å². The lowest BCUT2D eigenvalue weighted by Gasteiger charge is -2.06. The van der Waals surface area contributed by atoms with E-state index in [1.165, 1.54) is 0 Å². The van der Waals surface area contributed by atoms with Crippen molar-refractivity contribution in [2.24, 2.45) is 0 Å². The van der Waals surface area contributed by atoms with Crippen LogP contribution < -0.4 is 4.74 Å². The molecule has 2 aromatic rings. The molecule has 0 amide bonds. The summed E-state index contributed by atoms with van der Waals surface area (Å²) in [6.45, 7) is 4.17. The zero-order valence-corrected chi connectivity index (χ0v) is 11.4. The molecular formula is C14H16FNOS. The summed E-state index contributed by atoms with van der Waals surface area (Å²) in [4.78, 5) is 4.44. The lowest BCUT2D eigenvalue weighted by Crippen LogP contribution is -1.99. The van der Waals surface area contributed by atoms with Gasteiger partial charge in [0.1, 0.15) is 6.61 Å². The maximum absolute atomic E-state index is 13.7. The van der Waals surface area contributed by atoms with E-state index in [4.69, 9.17) is 4.74 Å². The minimum atomic E-state index is -0.290. The Morgan fingerprint density at radius 2 is 2.22 bits per heavy atom. The molecule has 0 saturated carbocycles. The van der Waals surface area contributed by atoms with Gasteiger partial charge in [-0.05, 0) is 31.4 Å². The number of hydrogen-bond acceptors (Lipinski definition) is 3. The molecule has 2 nitrogen and oxygen atoms in total. The van der Waals surface area contributed by atoms with Crippen LogP contribution in [0.5, 0.6) is 5.75 Å². The van der Waals surface area contributed by atoms with Crippen molar-refractivity contribution in [1.82, 2.24) is 4.98 Å². The van der Waals surface area contributed by atoms with E-state index in [-0.39, 0.29) is 5.82 Å². The highest BCUT2D eigenvalue weighted by molar-refractivity contribution is 7.09. The lowest BCUT2D eigenvalue weighted by atomic mass is 10.2. The Labute approximate surface area is 110 Å². The van der Waals surface area contributed by atoms with Crippen molar-refractivity contribution in [3.05, 3.63) is 45.7 Å². The lowest BCUT2D eigenvalue weighted by molar-refractivity contribution is 0.286. The Hall–Kier alpha value is -1.42. The summed E-state index contributed by atoms with van der Waals surface area (Å²) >= 11 is 1.63. The Kier molecular flexibility index (Phi) is 4.31. The third-order valence-electron chi connectivity index (χ3n) is 2.60. The topological polar surface area (TPSA) is 22.1 Å². The van der Waals surface area contributed by atoms with Gasteiger partial charge in [-0.25, -0.2) is 9.37 Å². The summed E-state index contributed by atoms with van der Waals surface area (Å²) in [6, 6.07) is 5.16. The molecule has 96 valence electrons. The van der Waals surface area contributed by atoms with Gasteiger partial charge >= 0.3 is 0 Å². The van der Waals surface area contributed by atoms with Gasteiger partial charge in [-0.1, -0.05) is 19.1 Å². The van der Waals surface area contributed by atoms with Gasteiger partial charge in [-0.15, -0.1) is 11.3 Å². The molecule has 2 rings (SSSR count). The van der Waals surface area contributed by atoms with Crippen molar-refractivity contribution >= 4 is 11.3 Å². The number of halogens is 1. The molecule has 0 unspecified atom stereocenters. The van der Waals surface area contributed by atoms with Crippen molar-refractivity contribution in [3.63, 3.8) is 0 Å². The molecule has 1 aromatic carbocycles. The smallest absolute Gasteiger partial charge is 0.167 e. The predicted octanol–water partition coefficient (Wildman–Crippen LogP) is 4.12. The normalized spacial score (nSPS) is 10.6. The van der Waals surface area contributed by atoms with Crippen molar-refractivity contribution in [2.45, 2.75) is 33.3 Å². The van der Waals surface area contributed by atoms with Gasteiger partial charge in [0.05, 0.1) is 10.7 Å². The first kappa shape index (κ1) is 13.0. The second kappa shape index (κ2) is 5.96. The summed E-state index contributed by atoms with van der Waals surface area (Å²) in [7, 11) is 0. The fourth-order valence-corrected chi connectivity index (χ4v) is 2.51. The number of hydrogen-bond donors (Lipinski definition) is 0. The van der Waals surface area contributed by atoms with Gasteiger partial charge in [0, 0.05) is 5.38 Å². The van der Waals surface area contributed by atoms with E-state index in [1.54, 1.807) is 36.5 Å². The van der Waals surface area contributed by atoms with E-state index in [0.717, 1.165) is 23.5 Å². The molecule has 1 aromatic heterocycles. The first-order valence-corrected chi connectivity index (χ1v) is 6.90. The van der Waals surface area contributed by atoms with Crippen LogP contribution in [0.2, 0.25) is 0 Å². The number of aromatic nitrogens is 1. The van der Waals surface area contributed by atoms with Gasteiger partial charge in [0.25, 0.3) is 0 Å². The number of benzene rings is 1. The Morgan fingerprint density at radius 3 is 3.00 bits per heavy atom. The molecule has 0 atom stereocenters. The van der Waals surface area contributed by atoms with Crippen LogP contribution in [-0.4, -0.2) is 4.98 Å². The molecule has 0 bridgehead atoms. The number of ether oxygens (including phenoxy) is 1. The van der Waals surface area contributed by atoms with Crippen LogP contribution in [0.1, 0.15) is 29.6 Å². The van der Waals surface area contributed by atoms with E-state index in [0.29, 0.717) is 17.9 Å². The van der Waals surface area contributed by atoms with E-state index in [9.17, 15) is 4.39 Å². The molecule has 0 spiro atoms. The summed E-state index contributed by atoms with van der Waals surface area (Å²) in [5.41, 5.74) is 1.46. The molecule has 0 radical (unpaired) electrons. The third-order valence-corrected chi connectivity index (χ3v) is 3.55. The van der Waals surface area contributed by atoms with Crippen molar-refractivity contribution < 1.29 is 9.13 Å². The summed E-state index contributed by atoms with van der Waals surface area (Å²) < 4.78 is 19.2. The van der Waals surface area contributed by atoms with Crippen LogP contribution in [0.25, 0.3) is 0 Å². The standard InChI is InChI=1S/C14H16FNOS/c1-3-5-13-16-11(9-18-13)8-17-12-7-4-6-10(2)14(12)15/h4,6-7,9H,3,5,8H2,1-2H3. The van der Waals surface area contributed by atoms with Gasteiger partial charge < -0.3 is 4.74 Å². The molecule has 0 aliphatic rings. The Balaban J connectivity index is 2.00. The van der Waals surface area contributed by atoms with Crippen molar-refractivity contribution in [2.75, 3.05) is 0 Å². The first-order chi connectivity index (χ1) is 8.70. The molecule has 18 heavy (non-hydrogen) atoms. The molecule has 0 aliphatic heterocycles. The monoisotopic (exact) mass is 265 g/mol. The molecule has 4 heteroatoms. The maximum Gasteiger partial charge on any atom is 0.167 e. The van der Waals surface area contributed by atoms with Gasteiger partial charge in [-0.3, -0.25) is 0 Å². The SMILES string of the molecule is CCCc1nc(COc2cccc(C)c2F)cs1. The van der Waals surface area contributed by atoms with E-state index in [1.807, 2.05) is 5.38 Å². The highest BCUT2D eigenvalue weighted by atomic mass is 32.1. The average Bonchev–Trinajstić information content (AvgIpc) is 2.79. The van der Waals surface area contributed by atoms with Crippen LogP contribution in [-0.2, 0) is 13.0 Å². The van der Waals surface area contributed by atoms with Crippen LogP contribution in [0.3, 0.4) is 0 Å². The third kappa shape index (κ3) is 3.07. The maximum atomic E-state index is 13.7. The van der Waals surface area contributed by atoms with Crippen molar-refractivity contribution in [3.8, 4) is 5.75 Å². The van der Waals surface area contributed by atoms with Gasteiger partial charge in [-0.2, -0.15) is 0 Å². The zero-order valence-electron chi connectivity index (χ0n) is 10.6. The average molecular weight is 265 g/mol. The van der Waals surface area contributed by atoms with Crippen LogP contribution in [0, 0.1) is 12.7 Å². The summed E-state index contributed by atoms with van der Waals surface area (Å²) in [6.07, 6.45) is 2.07. The molecular weight excluding hydrogens is 249 g/mol. The molecule has 0 N–H and O–H groups in total. The number of rotatable bonds is 5. The largest absolute Gasteiger partial charge is 0.484 e. The molecule has 1 heterocycles. The molecule has 0 saturated heterocycles. The Morgan fingerprint density at radius 1 is 1.39 bits per heavy atom.